The quantitative estimate of drug-likeness (QED) is 0.483. The SMILES string of the molecule is CC(C)C[C@](C)(C(=O)OC(C(F)(F)F)C(F)(F)F)C(C)C(F)(F)F. The highest BCUT2D eigenvalue weighted by Crippen LogP contribution is 2.46. The van der Waals surface area contributed by atoms with Crippen LogP contribution < -0.4 is 0 Å². The number of carbonyl (C=O) groups is 1. The number of alkyl halides is 9. The van der Waals surface area contributed by atoms with Crippen molar-refractivity contribution in [2.75, 3.05) is 0 Å². The average molecular weight is 376 g/mol. The molecular weight excluding hydrogens is 359 g/mol. The molecule has 0 fully saturated rings. The molecule has 0 aromatic carbocycles. The highest BCUT2D eigenvalue weighted by Gasteiger charge is 2.62. The maximum Gasteiger partial charge on any atom is 0.434 e. The van der Waals surface area contributed by atoms with Crippen LogP contribution in [0.25, 0.3) is 0 Å². The summed E-state index contributed by atoms with van der Waals surface area (Å²) < 4.78 is 117. The molecule has 0 bridgehead atoms. The van der Waals surface area contributed by atoms with E-state index in [4.69, 9.17) is 0 Å². The molecule has 0 aromatic rings. The van der Waals surface area contributed by atoms with Gasteiger partial charge in [0.2, 0.25) is 0 Å². The van der Waals surface area contributed by atoms with Crippen LogP contribution >= 0.6 is 0 Å². The zero-order valence-electron chi connectivity index (χ0n) is 13.2. The Morgan fingerprint density at radius 2 is 1.21 bits per heavy atom. The lowest BCUT2D eigenvalue weighted by Crippen LogP contribution is -2.51. The van der Waals surface area contributed by atoms with Gasteiger partial charge in [0.05, 0.1) is 11.3 Å². The van der Waals surface area contributed by atoms with Crippen LogP contribution in [-0.2, 0) is 9.53 Å². The molecule has 0 spiro atoms. The largest absolute Gasteiger partial charge is 0.442 e. The van der Waals surface area contributed by atoms with Crippen LogP contribution in [0.3, 0.4) is 0 Å². The van der Waals surface area contributed by atoms with Crippen LogP contribution in [0.4, 0.5) is 39.5 Å². The standard InChI is InChI=1S/C13H17F9O2/c1-6(2)5-10(4,7(3)11(14,15)16)9(23)24-8(12(17,18)19)13(20,21)22/h6-8H,5H2,1-4H3/t7?,10-/m0/s1. The summed E-state index contributed by atoms with van der Waals surface area (Å²) in [5, 5.41) is 0. The van der Waals surface area contributed by atoms with Gasteiger partial charge in [0.1, 0.15) is 0 Å². The second-order valence-corrected chi connectivity index (χ2v) is 6.15. The van der Waals surface area contributed by atoms with E-state index in [0.717, 1.165) is 0 Å². The number of halogens is 9. The summed E-state index contributed by atoms with van der Waals surface area (Å²) in [6, 6.07) is 0. The van der Waals surface area contributed by atoms with Crippen LogP contribution in [0, 0.1) is 17.3 Å². The van der Waals surface area contributed by atoms with Crippen LogP contribution in [0.15, 0.2) is 0 Å². The van der Waals surface area contributed by atoms with E-state index in [0.29, 0.717) is 13.8 Å². The number of rotatable bonds is 5. The van der Waals surface area contributed by atoms with Crippen LogP contribution in [-0.4, -0.2) is 30.6 Å². The highest BCUT2D eigenvalue weighted by atomic mass is 19.4. The Labute approximate surface area is 132 Å². The van der Waals surface area contributed by atoms with Gasteiger partial charge in [0.15, 0.2) is 0 Å². The number of hydrogen-bond acceptors (Lipinski definition) is 2. The summed E-state index contributed by atoms with van der Waals surface area (Å²) in [6.45, 7) is 3.91. The summed E-state index contributed by atoms with van der Waals surface area (Å²) in [5.41, 5.74) is -2.60. The molecule has 0 aliphatic heterocycles. The molecule has 0 rings (SSSR count). The minimum absolute atomic E-state index is 0.514. The molecule has 0 heterocycles. The third-order valence-corrected chi connectivity index (χ3v) is 3.56. The summed E-state index contributed by atoms with van der Waals surface area (Å²) in [6.07, 6.45) is -22.1. The molecule has 0 N–H and O–H groups in total. The van der Waals surface area contributed by atoms with Crippen molar-refractivity contribution in [3.63, 3.8) is 0 Å². The van der Waals surface area contributed by atoms with Crippen molar-refractivity contribution < 1.29 is 49.0 Å². The van der Waals surface area contributed by atoms with Crippen molar-refractivity contribution in [3.05, 3.63) is 0 Å². The van der Waals surface area contributed by atoms with Crippen LogP contribution in [0.2, 0.25) is 0 Å². The predicted molar refractivity (Wildman–Crippen MR) is 64.8 cm³/mol. The molecule has 2 nitrogen and oxygen atoms in total. The topological polar surface area (TPSA) is 26.3 Å². The molecule has 24 heavy (non-hydrogen) atoms. The first-order valence-electron chi connectivity index (χ1n) is 6.74. The molecular formula is C13H17F9O2. The van der Waals surface area contributed by atoms with E-state index in [-0.39, 0.29) is 0 Å². The number of ether oxygens (including phenoxy) is 1. The van der Waals surface area contributed by atoms with Crippen molar-refractivity contribution in [1.82, 2.24) is 0 Å². The summed E-state index contributed by atoms with van der Waals surface area (Å²) in [7, 11) is 0. The number of esters is 1. The third-order valence-electron chi connectivity index (χ3n) is 3.56. The monoisotopic (exact) mass is 376 g/mol. The molecule has 0 saturated carbocycles. The maximum absolute atomic E-state index is 12.9. The van der Waals surface area contributed by atoms with E-state index >= 15 is 0 Å². The van der Waals surface area contributed by atoms with E-state index in [1.807, 2.05) is 0 Å². The van der Waals surface area contributed by atoms with Gasteiger partial charge in [0, 0.05) is 0 Å². The molecule has 0 saturated heterocycles. The van der Waals surface area contributed by atoms with Gasteiger partial charge in [-0.2, -0.15) is 39.5 Å². The van der Waals surface area contributed by atoms with Crippen molar-refractivity contribution in [1.29, 1.82) is 0 Å². The van der Waals surface area contributed by atoms with E-state index in [1.165, 1.54) is 13.8 Å². The maximum atomic E-state index is 12.9. The molecule has 0 aliphatic carbocycles. The molecule has 2 atom stereocenters. The van der Waals surface area contributed by atoms with Gasteiger partial charge < -0.3 is 4.74 Å². The lowest BCUT2D eigenvalue weighted by Gasteiger charge is -2.37. The van der Waals surface area contributed by atoms with E-state index in [1.54, 1.807) is 0 Å². The second-order valence-electron chi connectivity index (χ2n) is 6.15. The lowest BCUT2D eigenvalue weighted by molar-refractivity contribution is -0.317. The van der Waals surface area contributed by atoms with Crippen molar-refractivity contribution in [3.8, 4) is 0 Å². The molecule has 0 aliphatic rings. The predicted octanol–water partition coefficient (Wildman–Crippen LogP) is 5.27. The van der Waals surface area contributed by atoms with Gasteiger partial charge in [-0.1, -0.05) is 20.8 Å². The Bertz CT molecular complexity index is 422. The Morgan fingerprint density at radius 1 is 0.833 bits per heavy atom. The normalized spacial score (nSPS) is 17.8. The zero-order valence-corrected chi connectivity index (χ0v) is 13.2. The lowest BCUT2D eigenvalue weighted by atomic mass is 9.72. The average Bonchev–Trinajstić information content (AvgIpc) is 2.29. The molecule has 0 amide bonds. The van der Waals surface area contributed by atoms with Gasteiger partial charge in [-0.15, -0.1) is 0 Å². The highest BCUT2D eigenvalue weighted by molar-refractivity contribution is 5.77. The van der Waals surface area contributed by atoms with E-state index in [2.05, 4.69) is 4.74 Å². The van der Waals surface area contributed by atoms with Crippen molar-refractivity contribution >= 4 is 5.97 Å². The Hall–Kier alpha value is -1.16. The Kier molecular flexibility index (Phi) is 6.65. The Morgan fingerprint density at radius 3 is 1.46 bits per heavy atom. The first kappa shape index (κ1) is 22.8. The number of carbonyl (C=O) groups excluding carboxylic acids is 1. The zero-order chi connectivity index (χ0) is 19.7. The summed E-state index contributed by atoms with van der Waals surface area (Å²) >= 11 is 0. The van der Waals surface area contributed by atoms with E-state index in [9.17, 15) is 44.3 Å². The molecule has 144 valence electrons. The van der Waals surface area contributed by atoms with Crippen LogP contribution in [0.5, 0.6) is 0 Å². The smallest absolute Gasteiger partial charge is 0.434 e. The molecule has 0 radical (unpaired) electrons. The fourth-order valence-corrected chi connectivity index (χ4v) is 2.21. The first-order chi connectivity index (χ1) is 10.3. The van der Waals surface area contributed by atoms with Gasteiger partial charge in [0.25, 0.3) is 6.10 Å². The Balaban J connectivity index is 5.78. The summed E-state index contributed by atoms with van der Waals surface area (Å²) in [5.74, 6) is -5.30. The van der Waals surface area contributed by atoms with Gasteiger partial charge in [-0.3, -0.25) is 4.79 Å². The molecule has 1 unspecified atom stereocenters. The minimum atomic E-state index is -5.99. The van der Waals surface area contributed by atoms with Gasteiger partial charge in [-0.25, -0.2) is 0 Å². The van der Waals surface area contributed by atoms with Crippen LogP contribution in [0.1, 0.15) is 34.1 Å². The van der Waals surface area contributed by atoms with Gasteiger partial charge in [-0.05, 0) is 19.3 Å². The minimum Gasteiger partial charge on any atom is -0.442 e. The molecule has 11 heteroatoms. The van der Waals surface area contributed by atoms with Crippen molar-refractivity contribution in [2.45, 2.75) is 58.7 Å². The van der Waals surface area contributed by atoms with Crippen molar-refractivity contribution in [2.24, 2.45) is 17.3 Å². The van der Waals surface area contributed by atoms with Gasteiger partial charge >= 0.3 is 24.5 Å². The summed E-state index contributed by atoms with van der Waals surface area (Å²) in [4.78, 5) is 11.9. The number of hydrogen-bond donors (Lipinski definition) is 0. The first-order valence-corrected chi connectivity index (χ1v) is 6.74. The fraction of sp³-hybridized carbons (Fsp3) is 0.923. The molecule has 0 aromatic heterocycles. The fourth-order valence-electron chi connectivity index (χ4n) is 2.21. The van der Waals surface area contributed by atoms with E-state index < -0.39 is 54.3 Å². The third kappa shape index (κ3) is 5.73. The second kappa shape index (κ2) is 6.99.